The monoisotopic (exact) mass is 568 g/mol. The molecule has 2 saturated heterocycles. The lowest BCUT2D eigenvalue weighted by Crippen LogP contribution is -2.54. The summed E-state index contributed by atoms with van der Waals surface area (Å²) in [7, 11) is 2.11. The number of benzene rings is 1. The van der Waals surface area contributed by atoms with E-state index in [4.69, 9.17) is 32.9 Å². The van der Waals surface area contributed by atoms with Gasteiger partial charge in [0.2, 0.25) is 11.8 Å². The van der Waals surface area contributed by atoms with Crippen LogP contribution < -0.4 is 14.5 Å². The molecule has 2 aromatic rings. The predicted molar refractivity (Wildman–Crippen MR) is 155 cm³/mol. The van der Waals surface area contributed by atoms with Gasteiger partial charge in [-0.05, 0) is 58.0 Å². The Bertz CT molecular complexity index is 1310. The van der Waals surface area contributed by atoms with Crippen molar-refractivity contribution in [1.82, 2.24) is 14.8 Å². The molecule has 2 fully saturated rings. The summed E-state index contributed by atoms with van der Waals surface area (Å²) < 4.78 is 6.32. The number of carbonyl (C=O) groups is 1. The summed E-state index contributed by atoms with van der Waals surface area (Å²) in [6.45, 7) is 10.2. The molecule has 8 nitrogen and oxygen atoms in total. The Balaban J connectivity index is 1.52. The normalized spacial score (nSPS) is 21.5. The fourth-order valence-electron chi connectivity index (χ4n) is 6.00. The predicted octanol–water partition coefficient (Wildman–Crippen LogP) is 4.52. The second kappa shape index (κ2) is 11.6. The average Bonchev–Trinajstić information content (AvgIpc) is 3.36. The number of halogens is 2. The minimum atomic E-state index is -0.0711. The highest BCUT2D eigenvalue weighted by Crippen LogP contribution is 2.40. The van der Waals surface area contributed by atoms with Crippen molar-refractivity contribution in [2.75, 3.05) is 56.2 Å². The number of pyridine rings is 1. The van der Waals surface area contributed by atoms with E-state index in [1.807, 2.05) is 24.0 Å². The van der Waals surface area contributed by atoms with Crippen LogP contribution in [0.4, 0.5) is 11.4 Å². The molecule has 5 rings (SSSR count). The summed E-state index contributed by atoms with van der Waals surface area (Å²) in [4.78, 5) is 25.8. The van der Waals surface area contributed by atoms with E-state index in [0.717, 1.165) is 42.0 Å². The number of likely N-dealkylation sites (tertiary alicyclic amines) is 1. The molecular formula is C29H34Cl2N6O2. The van der Waals surface area contributed by atoms with Crippen molar-refractivity contribution in [3.05, 3.63) is 57.7 Å². The smallest absolute Gasteiger partial charge is 0.246 e. The van der Waals surface area contributed by atoms with Crippen LogP contribution in [0.5, 0.6) is 5.88 Å². The molecule has 0 unspecified atom stereocenters. The van der Waals surface area contributed by atoms with Crippen molar-refractivity contribution < 1.29 is 9.53 Å². The summed E-state index contributed by atoms with van der Waals surface area (Å²) in [5, 5.41) is 11.4. The van der Waals surface area contributed by atoms with Crippen molar-refractivity contribution in [2.24, 2.45) is 0 Å². The SMILES string of the molecule is C=CC(=O)N1CCN(c2c(C#N)c(OC[C@@H]3CCCN3C)nc3c2CCN(c2cccc(Cl)c2Cl)C3)C[C@H]1C. The molecule has 0 aliphatic carbocycles. The summed E-state index contributed by atoms with van der Waals surface area (Å²) in [5.41, 5.74) is 4.15. The maximum absolute atomic E-state index is 12.4. The number of likely N-dealkylation sites (N-methyl/N-ethyl adjacent to an activating group) is 1. The number of nitriles is 1. The number of hydrogen-bond acceptors (Lipinski definition) is 7. The third-order valence-corrected chi connectivity index (χ3v) is 8.97. The Morgan fingerprint density at radius 1 is 1.26 bits per heavy atom. The number of anilines is 2. The summed E-state index contributed by atoms with van der Waals surface area (Å²) in [6, 6.07) is 8.35. The molecule has 1 aromatic heterocycles. The second-order valence-corrected chi connectivity index (χ2v) is 11.3. The fourth-order valence-corrected chi connectivity index (χ4v) is 6.42. The molecule has 0 N–H and O–H groups in total. The molecule has 10 heteroatoms. The quantitative estimate of drug-likeness (QED) is 0.474. The topological polar surface area (TPSA) is 75.9 Å². The molecule has 39 heavy (non-hydrogen) atoms. The van der Waals surface area contributed by atoms with Gasteiger partial charge in [-0.3, -0.25) is 4.79 Å². The van der Waals surface area contributed by atoms with Gasteiger partial charge in [-0.25, -0.2) is 4.98 Å². The Morgan fingerprint density at radius 2 is 2.08 bits per heavy atom. The van der Waals surface area contributed by atoms with Gasteiger partial charge in [-0.1, -0.05) is 35.8 Å². The first-order chi connectivity index (χ1) is 18.8. The zero-order valence-corrected chi connectivity index (χ0v) is 24.0. The van der Waals surface area contributed by atoms with Crippen molar-refractivity contribution in [3.8, 4) is 11.9 Å². The third-order valence-electron chi connectivity index (χ3n) is 8.16. The van der Waals surface area contributed by atoms with Crippen LogP contribution in [0.25, 0.3) is 0 Å². The maximum atomic E-state index is 12.4. The van der Waals surface area contributed by atoms with Gasteiger partial charge in [0.15, 0.2) is 0 Å². The molecule has 1 amide bonds. The first kappa shape index (κ1) is 27.6. The number of hydrogen-bond donors (Lipinski definition) is 0. The maximum Gasteiger partial charge on any atom is 0.246 e. The van der Waals surface area contributed by atoms with Crippen LogP contribution in [-0.4, -0.2) is 79.2 Å². The van der Waals surface area contributed by atoms with Crippen LogP contribution in [0.3, 0.4) is 0 Å². The summed E-state index contributed by atoms with van der Waals surface area (Å²) in [6.07, 6.45) is 4.26. The number of aromatic nitrogens is 1. The van der Waals surface area contributed by atoms with E-state index in [0.29, 0.717) is 73.3 Å². The molecule has 206 valence electrons. The Labute approximate surface area is 240 Å². The molecule has 3 aliphatic rings. The van der Waals surface area contributed by atoms with Crippen molar-refractivity contribution in [1.29, 1.82) is 5.26 Å². The highest BCUT2D eigenvalue weighted by molar-refractivity contribution is 6.43. The van der Waals surface area contributed by atoms with Gasteiger partial charge in [0.05, 0.1) is 33.7 Å². The van der Waals surface area contributed by atoms with Crippen LogP contribution in [0.1, 0.15) is 36.6 Å². The van der Waals surface area contributed by atoms with Crippen molar-refractivity contribution in [3.63, 3.8) is 0 Å². The minimum absolute atomic E-state index is 0.0264. The molecule has 0 spiro atoms. The van der Waals surface area contributed by atoms with Gasteiger partial charge in [0.1, 0.15) is 18.2 Å². The van der Waals surface area contributed by atoms with E-state index >= 15 is 0 Å². The average molecular weight is 570 g/mol. The van der Waals surface area contributed by atoms with E-state index in [2.05, 4.69) is 34.4 Å². The highest BCUT2D eigenvalue weighted by atomic mass is 35.5. The zero-order valence-electron chi connectivity index (χ0n) is 22.5. The largest absolute Gasteiger partial charge is 0.475 e. The van der Waals surface area contributed by atoms with Gasteiger partial charge < -0.3 is 24.3 Å². The van der Waals surface area contributed by atoms with E-state index in [9.17, 15) is 10.1 Å². The number of fused-ring (bicyclic) bond motifs is 1. The number of piperazine rings is 1. The molecule has 0 bridgehead atoms. The molecule has 3 aliphatic heterocycles. The van der Waals surface area contributed by atoms with Crippen LogP contribution in [0.2, 0.25) is 10.0 Å². The van der Waals surface area contributed by atoms with E-state index in [1.165, 1.54) is 6.08 Å². The van der Waals surface area contributed by atoms with Gasteiger partial charge in [-0.2, -0.15) is 5.26 Å². The van der Waals surface area contributed by atoms with Gasteiger partial charge in [0.25, 0.3) is 0 Å². The van der Waals surface area contributed by atoms with Gasteiger partial charge >= 0.3 is 0 Å². The second-order valence-electron chi connectivity index (χ2n) is 10.5. The summed E-state index contributed by atoms with van der Waals surface area (Å²) >= 11 is 12.9. The summed E-state index contributed by atoms with van der Waals surface area (Å²) in [5.74, 6) is 0.306. The molecule has 0 saturated carbocycles. The minimum Gasteiger partial charge on any atom is -0.475 e. The lowest BCUT2D eigenvalue weighted by molar-refractivity contribution is -0.128. The van der Waals surface area contributed by atoms with Crippen LogP contribution >= 0.6 is 23.2 Å². The lowest BCUT2D eigenvalue weighted by atomic mass is 9.97. The van der Waals surface area contributed by atoms with E-state index in [1.54, 1.807) is 6.07 Å². The lowest BCUT2D eigenvalue weighted by Gasteiger charge is -2.42. The Hall–Kier alpha value is -2.99. The van der Waals surface area contributed by atoms with Crippen molar-refractivity contribution >= 4 is 40.5 Å². The van der Waals surface area contributed by atoms with Crippen molar-refractivity contribution in [2.45, 2.75) is 44.8 Å². The number of carbonyl (C=O) groups excluding carboxylic acids is 1. The van der Waals surface area contributed by atoms with Gasteiger partial charge in [0, 0.05) is 43.8 Å². The number of rotatable bonds is 6. The highest BCUT2D eigenvalue weighted by Gasteiger charge is 2.34. The van der Waals surface area contributed by atoms with E-state index < -0.39 is 0 Å². The van der Waals surface area contributed by atoms with Crippen LogP contribution in [-0.2, 0) is 17.8 Å². The number of nitrogens with zero attached hydrogens (tertiary/aromatic N) is 6. The molecular weight excluding hydrogens is 535 g/mol. The van der Waals surface area contributed by atoms with E-state index in [-0.39, 0.29) is 11.9 Å². The first-order valence-corrected chi connectivity index (χ1v) is 14.2. The fraction of sp³-hybridized carbons (Fsp3) is 0.483. The first-order valence-electron chi connectivity index (χ1n) is 13.5. The number of ether oxygens (including phenoxy) is 1. The van der Waals surface area contributed by atoms with Crippen LogP contribution in [0.15, 0.2) is 30.9 Å². The third kappa shape index (κ3) is 5.41. The standard InChI is InChI=1S/C29H34Cl2N6O2/c1-4-26(38)37-14-13-36(16-19(37)2)28-21-10-12-35(25-9-5-8-23(30)27(25)31)17-24(21)33-29(22(28)15-32)39-18-20-7-6-11-34(20)3/h4-5,8-9,19-20H,1,6-7,10-14,16-18H2,2-3H3/t19-,20+/m1/s1. The number of amides is 1. The molecule has 1 aromatic carbocycles. The van der Waals surface area contributed by atoms with Crippen LogP contribution in [0, 0.1) is 11.3 Å². The molecule has 4 heterocycles. The zero-order chi connectivity index (χ0) is 27.7. The Morgan fingerprint density at radius 3 is 2.77 bits per heavy atom. The molecule has 2 atom stereocenters. The Kier molecular flexibility index (Phi) is 8.22. The van der Waals surface area contributed by atoms with Gasteiger partial charge in [-0.15, -0.1) is 0 Å². The molecule has 0 radical (unpaired) electrons.